The van der Waals surface area contributed by atoms with Gasteiger partial charge >= 0.3 is 0 Å². The van der Waals surface area contributed by atoms with E-state index < -0.39 is 15.9 Å². The van der Waals surface area contributed by atoms with Crippen LogP contribution in [0, 0.1) is 5.92 Å². The molecule has 0 aliphatic rings. The number of rotatable bonds is 7. The molecule has 0 aliphatic carbocycles. The highest BCUT2D eigenvalue weighted by Gasteiger charge is 2.06. The van der Waals surface area contributed by atoms with E-state index in [0.717, 1.165) is 6.42 Å². The summed E-state index contributed by atoms with van der Waals surface area (Å²) in [6.07, 6.45) is 0.874. The molecule has 0 radical (unpaired) electrons. The Morgan fingerprint density at radius 2 is 1.93 bits per heavy atom. The Kier molecular flexibility index (Phi) is 6.26. The lowest BCUT2D eigenvalue weighted by molar-refractivity contribution is 0.108. The first-order valence-corrected chi connectivity index (χ1v) is 6.19. The van der Waals surface area contributed by atoms with E-state index in [1.165, 1.54) is 0 Å². The van der Waals surface area contributed by atoms with Crippen LogP contribution in [0.25, 0.3) is 0 Å². The Bertz CT molecular complexity index is 238. The van der Waals surface area contributed by atoms with Crippen molar-refractivity contribution in [3.8, 4) is 0 Å². The molecule has 0 atom stereocenters. The SMILES string of the molecule is CC(C)CCN(CO)CCS(=O)(=O)[O-]. The Balaban J connectivity index is 3.80. The predicted molar refractivity (Wildman–Crippen MR) is 52.7 cm³/mol. The van der Waals surface area contributed by atoms with Crippen molar-refractivity contribution >= 4 is 10.1 Å². The summed E-state index contributed by atoms with van der Waals surface area (Å²) in [4.78, 5) is 1.55. The van der Waals surface area contributed by atoms with Gasteiger partial charge in [-0.3, -0.25) is 4.90 Å². The van der Waals surface area contributed by atoms with E-state index in [4.69, 9.17) is 5.11 Å². The monoisotopic (exact) mass is 224 g/mol. The van der Waals surface area contributed by atoms with Gasteiger partial charge in [-0.1, -0.05) is 13.8 Å². The highest BCUT2D eigenvalue weighted by Crippen LogP contribution is 2.01. The van der Waals surface area contributed by atoms with E-state index in [-0.39, 0.29) is 13.3 Å². The summed E-state index contributed by atoms with van der Waals surface area (Å²) < 4.78 is 31.0. The highest BCUT2D eigenvalue weighted by atomic mass is 32.2. The molecule has 0 unspecified atom stereocenters. The molecule has 0 aliphatic heterocycles. The summed E-state index contributed by atoms with van der Waals surface area (Å²) in [6.45, 7) is 4.60. The number of nitrogens with zero attached hydrogens (tertiary/aromatic N) is 1. The van der Waals surface area contributed by atoms with E-state index >= 15 is 0 Å². The average molecular weight is 224 g/mol. The minimum Gasteiger partial charge on any atom is -0.748 e. The van der Waals surface area contributed by atoms with Gasteiger partial charge in [0.1, 0.15) is 0 Å². The van der Waals surface area contributed by atoms with E-state index in [1.807, 2.05) is 13.8 Å². The van der Waals surface area contributed by atoms with Crippen LogP contribution in [0.4, 0.5) is 0 Å². The Labute approximate surface area is 85.5 Å². The zero-order valence-electron chi connectivity index (χ0n) is 8.64. The molecule has 1 N–H and O–H groups in total. The topological polar surface area (TPSA) is 80.7 Å². The molecule has 0 aromatic carbocycles. The van der Waals surface area contributed by atoms with Crippen LogP contribution in [0.3, 0.4) is 0 Å². The summed E-state index contributed by atoms with van der Waals surface area (Å²) >= 11 is 0. The maximum Gasteiger partial charge on any atom is 0.0958 e. The molecule has 0 aromatic heterocycles. The third-order valence-corrected chi connectivity index (χ3v) is 2.56. The Hall–Kier alpha value is -0.170. The van der Waals surface area contributed by atoms with Crippen molar-refractivity contribution < 1.29 is 18.1 Å². The van der Waals surface area contributed by atoms with Gasteiger partial charge in [-0.05, 0) is 12.3 Å². The van der Waals surface area contributed by atoms with Crippen LogP contribution in [0.1, 0.15) is 20.3 Å². The van der Waals surface area contributed by atoms with Crippen molar-refractivity contribution in [1.29, 1.82) is 0 Å². The molecule has 14 heavy (non-hydrogen) atoms. The first kappa shape index (κ1) is 13.8. The van der Waals surface area contributed by atoms with Crippen LogP contribution in [0.2, 0.25) is 0 Å². The van der Waals surface area contributed by atoms with Crippen LogP contribution in [0.15, 0.2) is 0 Å². The smallest absolute Gasteiger partial charge is 0.0958 e. The second kappa shape index (κ2) is 6.34. The van der Waals surface area contributed by atoms with Crippen molar-refractivity contribution in [3.05, 3.63) is 0 Å². The predicted octanol–water partition coefficient (Wildman–Crippen LogP) is -0.170. The fourth-order valence-corrected chi connectivity index (χ4v) is 1.42. The van der Waals surface area contributed by atoms with Gasteiger partial charge in [0.05, 0.1) is 22.6 Å². The number of aliphatic hydroxyl groups excluding tert-OH is 1. The van der Waals surface area contributed by atoms with Gasteiger partial charge in [0.25, 0.3) is 0 Å². The van der Waals surface area contributed by atoms with Crippen LogP contribution >= 0.6 is 0 Å². The van der Waals surface area contributed by atoms with Gasteiger partial charge in [-0.25, -0.2) is 8.42 Å². The molecule has 0 aromatic rings. The number of hydrogen-bond acceptors (Lipinski definition) is 5. The first-order valence-electron chi connectivity index (χ1n) is 4.62. The fraction of sp³-hybridized carbons (Fsp3) is 1.00. The van der Waals surface area contributed by atoms with Crippen molar-refractivity contribution in [2.24, 2.45) is 5.92 Å². The van der Waals surface area contributed by atoms with Gasteiger partial charge in [0, 0.05) is 13.1 Å². The third kappa shape index (κ3) is 8.43. The summed E-state index contributed by atoms with van der Waals surface area (Å²) in [5.74, 6) is 0.0546. The Morgan fingerprint density at radius 1 is 1.36 bits per heavy atom. The minimum absolute atomic E-state index is 0.106. The maximum atomic E-state index is 10.3. The molecule has 6 heteroatoms. The molecule has 86 valence electrons. The highest BCUT2D eigenvalue weighted by molar-refractivity contribution is 7.85. The van der Waals surface area contributed by atoms with E-state index in [0.29, 0.717) is 12.5 Å². The van der Waals surface area contributed by atoms with Gasteiger partial charge in [-0.15, -0.1) is 0 Å². The molecule has 0 saturated carbocycles. The normalized spacial score (nSPS) is 12.7. The summed E-state index contributed by atoms with van der Waals surface area (Å²) in [6, 6.07) is 0. The first-order chi connectivity index (χ1) is 6.35. The van der Waals surface area contributed by atoms with Crippen molar-refractivity contribution in [2.75, 3.05) is 25.6 Å². The van der Waals surface area contributed by atoms with Crippen molar-refractivity contribution in [2.45, 2.75) is 20.3 Å². The number of aliphatic hydroxyl groups is 1. The zero-order valence-corrected chi connectivity index (χ0v) is 9.46. The van der Waals surface area contributed by atoms with E-state index in [9.17, 15) is 13.0 Å². The number of hydrogen-bond donors (Lipinski definition) is 1. The molecular formula is C8H18NO4S-. The summed E-state index contributed by atoms with van der Waals surface area (Å²) in [5, 5.41) is 8.86. The van der Waals surface area contributed by atoms with Gasteiger partial charge in [-0.2, -0.15) is 0 Å². The average Bonchev–Trinajstić information content (AvgIpc) is 2.02. The fourth-order valence-electron chi connectivity index (χ4n) is 0.935. The molecule has 0 spiro atoms. The second-order valence-electron chi connectivity index (χ2n) is 3.70. The minimum atomic E-state index is -4.17. The zero-order chi connectivity index (χ0) is 11.2. The summed E-state index contributed by atoms with van der Waals surface area (Å²) in [7, 11) is -4.17. The molecular weight excluding hydrogens is 206 g/mol. The largest absolute Gasteiger partial charge is 0.748 e. The van der Waals surface area contributed by atoms with Crippen LogP contribution in [0.5, 0.6) is 0 Å². The van der Waals surface area contributed by atoms with Crippen LogP contribution < -0.4 is 0 Å². The molecule has 5 nitrogen and oxygen atoms in total. The van der Waals surface area contributed by atoms with E-state index in [2.05, 4.69) is 0 Å². The standard InChI is InChI=1S/C8H19NO4S/c1-8(2)3-4-9(7-10)5-6-14(11,12)13/h8,10H,3-7H2,1-2H3,(H,11,12,13)/p-1. The van der Waals surface area contributed by atoms with Gasteiger partial charge in [0.15, 0.2) is 0 Å². The molecule has 0 amide bonds. The van der Waals surface area contributed by atoms with Crippen LogP contribution in [-0.2, 0) is 10.1 Å². The van der Waals surface area contributed by atoms with Crippen LogP contribution in [-0.4, -0.2) is 48.6 Å². The van der Waals surface area contributed by atoms with Crippen molar-refractivity contribution in [3.63, 3.8) is 0 Å². The van der Waals surface area contributed by atoms with Gasteiger partial charge in [0.2, 0.25) is 0 Å². The lowest BCUT2D eigenvalue weighted by atomic mass is 10.1. The lowest BCUT2D eigenvalue weighted by Crippen LogP contribution is -2.31. The molecule has 0 fully saturated rings. The maximum absolute atomic E-state index is 10.3. The molecule has 0 rings (SSSR count). The quantitative estimate of drug-likeness (QED) is 0.479. The second-order valence-corrected chi connectivity index (χ2v) is 5.23. The lowest BCUT2D eigenvalue weighted by Gasteiger charge is -2.21. The molecule has 0 bridgehead atoms. The third-order valence-electron chi connectivity index (χ3n) is 1.88. The molecule has 0 heterocycles. The van der Waals surface area contributed by atoms with Gasteiger partial charge < -0.3 is 9.66 Å². The van der Waals surface area contributed by atoms with E-state index in [1.54, 1.807) is 4.90 Å². The summed E-state index contributed by atoms with van der Waals surface area (Å²) in [5.41, 5.74) is 0. The van der Waals surface area contributed by atoms with Crippen molar-refractivity contribution in [1.82, 2.24) is 4.90 Å². The Morgan fingerprint density at radius 3 is 2.29 bits per heavy atom. The molecule has 0 saturated heterocycles.